The van der Waals surface area contributed by atoms with Crippen molar-refractivity contribution in [3.63, 3.8) is 0 Å². The van der Waals surface area contributed by atoms with Crippen molar-refractivity contribution in [2.75, 3.05) is 6.61 Å². The van der Waals surface area contributed by atoms with E-state index in [0.717, 1.165) is 12.1 Å². The number of carbonyl (C=O) groups excluding carboxylic acids is 2. The molecule has 2 N–H and O–H groups in total. The molecule has 2 amide bonds. The maximum Gasteiger partial charge on any atom is 0.338 e. The van der Waals surface area contributed by atoms with Crippen LogP contribution in [0, 0.1) is 16.0 Å². The predicted octanol–water partition coefficient (Wildman–Crippen LogP) is 1.89. The van der Waals surface area contributed by atoms with E-state index in [1.807, 2.05) is 13.8 Å². The molecule has 0 aromatic heterocycles. The second-order valence-electron chi connectivity index (χ2n) is 6.37. The summed E-state index contributed by atoms with van der Waals surface area (Å²) >= 11 is 0. The van der Waals surface area contributed by atoms with E-state index < -0.39 is 34.4 Å². The van der Waals surface area contributed by atoms with Crippen LogP contribution in [-0.4, -0.2) is 23.5 Å². The maximum absolute atomic E-state index is 12.5. The molecule has 1 aromatic carbocycles. The van der Waals surface area contributed by atoms with E-state index in [0.29, 0.717) is 18.0 Å². The normalized spacial score (nSPS) is 16.9. The highest BCUT2D eigenvalue weighted by atomic mass is 16.6. The molecule has 0 saturated carbocycles. The first-order valence-corrected chi connectivity index (χ1v) is 8.11. The molecule has 0 spiro atoms. The molecule has 140 valence electrons. The lowest BCUT2D eigenvalue weighted by atomic mass is 9.95. The number of amides is 2. The van der Waals surface area contributed by atoms with Crippen molar-refractivity contribution in [2.24, 2.45) is 5.92 Å². The summed E-state index contributed by atoms with van der Waals surface area (Å²) in [4.78, 5) is 34.5. The number of allylic oxidation sites excluding steroid dienone is 1. The van der Waals surface area contributed by atoms with Gasteiger partial charge in [-0.1, -0.05) is 26.0 Å². The Morgan fingerprint density at radius 1 is 1.38 bits per heavy atom. The van der Waals surface area contributed by atoms with Crippen molar-refractivity contribution in [2.45, 2.75) is 33.2 Å². The second-order valence-corrected chi connectivity index (χ2v) is 6.37. The van der Waals surface area contributed by atoms with Gasteiger partial charge in [-0.2, -0.15) is 0 Å². The summed E-state index contributed by atoms with van der Waals surface area (Å²) in [6.45, 7) is 5.75. The Morgan fingerprint density at radius 2 is 2.08 bits per heavy atom. The van der Waals surface area contributed by atoms with Crippen LogP contribution in [0.2, 0.25) is 0 Å². The van der Waals surface area contributed by atoms with Crippen molar-refractivity contribution in [3.05, 3.63) is 45.1 Å². The number of rotatable bonds is 6. The quantitative estimate of drug-likeness (QED) is 0.451. The van der Waals surface area contributed by atoms with Crippen molar-refractivity contribution >= 4 is 17.7 Å². The van der Waals surface area contributed by atoms with Gasteiger partial charge < -0.3 is 20.5 Å². The number of hydrogen-bond donors (Lipinski definition) is 2. The largest absolute Gasteiger partial charge is 0.868 e. The van der Waals surface area contributed by atoms with E-state index in [-0.39, 0.29) is 17.7 Å². The van der Waals surface area contributed by atoms with E-state index in [9.17, 15) is 24.8 Å². The lowest BCUT2D eigenvalue weighted by Crippen LogP contribution is -2.45. The van der Waals surface area contributed by atoms with Gasteiger partial charge in [-0.3, -0.25) is 10.1 Å². The minimum absolute atomic E-state index is 0.140. The summed E-state index contributed by atoms with van der Waals surface area (Å²) in [5.74, 6) is -1.03. The summed E-state index contributed by atoms with van der Waals surface area (Å²) in [6.07, 6.45) is 0.679. The van der Waals surface area contributed by atoms with E-state index in [2.05, 4.69) is 10.6 Å². The molecule has 0 fully saturated rings. The Morgan fingerprint density at radius 3 is 2.69 bits per heavy atom. The van der Waals surface area contributed by atoms with Gasteiger partial charge in [-0.05, 0) is 30.6 Å². The molecular weight excluding hydrogens is 342 g/mol. The molecule has 1 atom stereocenters. The number of benzene rings is 1. The Kier molecular flexibility index (Phi) is 5.81. The third-order valence-electron chi connectivity index (χ3n) is 3.93. The number of nitrogens with one attached hydrogen (secondary N) is 2. The Bertz CT molecular complexity index is 772. The summed E-state index contributed by atoms with van der Waals surface area (Å²) in [5, 5.41) is 27.6. The van der Waals surface area contributed by atoms with Gasteiger partial charge in [-0.15, -0.1) is 0 Å². The molecule has 1 aromatic rings. The van der Waals surface area contributed by atoms with E-state index in [1.165, 1.54) is 6.07 Å². The molecule has 1 heterocycles. The van der Waals surface area contributed by atoms with Crippen molar-refractivity contribution in [1.82, 2.24) is 10.6 Å². The highest BCUT2D eigenvalue weighted by molar-refractivity contribution is 5.95. The molecule has 9 nitrogen and oxygen atoms in total. The first-order chi connectivity index (χ1) is 12.2. The first kappa shape index (κ1) is 19.2. The van der Waals surface area contributed by atoms with Crippen molar-refractivity contribution in [1.29, 1.82) is 0 Å². The van der Waals surface area contributed by atoms with Crippen LogP contribution in [0.15, 0.2) is 29.5 Å². The SMILES string of the molecule is CC1=C(C(=O)OCCC(C)C)[C@H](c2ccc([O-])c([N+](=O)[O-])c2)NC(=O)N1. The van der Waals surface area contributed by atoms with E-state index >= 15 is 0 Å². The molecule has 9 heteroatoms. The van der Waals surface area contributed by atoms with Crippen LogP contribution in [0.4, 0.5) is 10.5 Å². The fourth-order valence-electron chi connectivity index (χ4n) is 2.54. The van der Waals surface area contributed by atoms with Crippen LogP contribution >= 0.6 is 0 Å². The number of esters is 1. The van der Waals surface area contributed by atoms with Gasteiger partial charge in [-0.25, -0.2) is 9.59 Å². The van der Waals surface area contributed by atoms with Crippen LogP contribution < -0.4 is 15.7 Å². The summed E-state index contributed by atoms with van der Waals surface area (Å²) in [6, 6.07) is 1.95. The van der Waals surface area contributed by atoms with Crippen LogP contribution in [0.3, 0.4) is 0 Å². The van der Waals surface area contributed by atoms with Gasteiger partial charge >= 0.3 is 12.0 Å². The highest BCUT2D eigenvalue weighted by Gasteiger charge is 2.33. The minimum atomic E-state index is -0.949. The molecule has 2 rings (SSSR count). The lowest BCUT2D eigenvalue weighted by Gasteiger charge is -2.28. The van der Waals surface area contributed by atoms with Gasteiger partial charge in [0.2, 0.25) is 0 Å². The van der Waals surface area contributed by atoms with Crippen LogP contribution in [0.5, 0.6) is 5.75 Å². The Labute approximate surface area is 150 Å². The summed E-state index contributed by atoms with van der Waals surface area (Å²) in [5.41, 5.74) is 0.0604. The van der Waals surface area contributed by atoms with Crippen molar-refractivity contribution < 1.29 is 24.4 Å². The number of carbonyl (C=O) groups is 2. The standard InChI is InChI=1S/C17H21N3O6/c1-9(2)6-7-26-16(22)14-10(3)18-17(23)19-15(14)11-4-5-13(21)12(8-11)20(24)25/h4-5,8-9,15,21H,6-7H2,1-3H3,(H2,18,19,23)/p-1/t15-/m0/s1. The first-order valence-electron chi connectivity index (χ1n) is 8.11. The molecule has 0 saturated heterocycles. The van der Waals surface area contributed by atoms with Gasteiger partial charge in [0.1, 0.15) is 0 Å². The number of nitro benzene ring substituents is 1. The van der Waals surface area contributed by atoms with Gasteiger partial charge in [0.15, 0.2) is 0 Å². The topological polar surface area (TPSA) is 134 Å². The molecule has 0 aliphatic carbocycles. The number of nitro groups is 1. The van der Waals surface area contributed by atoms with Crippen LogP contribution in [0.1, 0.15) is 38.8 Å². The molecule has 0 unspecified atom stereocenters. The molecule has 1 aliphatic heterocycles. The average molecular weight is 362 g/mol. The minimum Gasteiger partial charge on any atom is -0.868 e. The van der Waals surface area contributed by atoms with Crippen molar-refractivity contribution in [3.8, 4) is 5.75 Å². The zero-order valence-corrected chi connectivity index (χ0v) is 14.7. The molecular formula is C17H20N3O6-. The predicted molar refractivity (Wildman–Crippen MR) is 90.1 cm³/mol. The third-order valence-corrected chi connectivity index (χ3v) is 3.93. The van der Waals surface area contributed by atoms with Gasteiger partial charge in [0, 0.05) is 11.8 Å². The average Bonchev–Trinajstić information content (AvgIpc) is 2.53. The summed E-state index contributed by atoms with van der Waals surface area (Å²) in [7, 11) is 0. The Balaban J connectivity index is 2.36. The fraction of sp³-hybridized carbons (Fsp3) is 0.412. The lowest BCUT2D eigenvalue weighted by molar-refractivity contribution is -0.398. The molecule has 26 heavy (non-hydrogen) atoms. The highest BCUT2D eigenvalue weighted by Crippen LogP contribution is 2.32. The summed E-state index contributed by atoms with van der Waals surface area (Å²) < 4.78 is 5.27. The molecule has 0 radical (unpaired) electrons. The zero-order valence-electron chi connectivity index (χ0n) is 14.7. The smallest absolute Gasteiger partial charge is 0.338 e. The molecule has 1 aliphatic rings. The molecule has 0 bridgehead atoms. The fourth-order valence-corrected chi connectivity index (χ4v) is 2.54. The monoisotopic (exact) mass is 362 g/mol. The third kappa shape index (κ3) is 4.29. The van der Waals surface area contributed by atoms with Crippen LogP contribution in [-0.2, 0) is 9.53 Å². The van der Waals surface area contributed by atoms with Gasteiger partial charge in [0.25, 0.3) is 5.69 Å². The van der Waals surface area contributed by atoms with Gasteiger partial charge in [0.05, 0.1) is 23.1 Å². The Hall–Kier alpha value is -3.10. The van der Waals surface area contributed by atoms with Crippen LogP contribution in [0.25, 0.3) is 0 Å². The number of hydrogen-bond acceptors (Lipinski definition) is 6. The maximum atomic E-state index is 12.5. The number of urea groups is 1. The number of nitrogens with zero attached hydrogens (tertiary/aromatic N) is 1. The van der Waals surface area contributed by atoms with E-state index in [1.54, 1.807) is 6.92 Å². The number of ether oxygens (including phenoxy) is 1. The van der Waals surface area contributed by atoms with E-state index in [4.69, 9.17) is 4.74 Å². The second kappa shape index (κ2) is 7.85. The zero-order chi connectivity index (χ0) is 19.4.